The zero-order chi connectivity index (χ0) is 22.1. The van der Waals surface area contributed by atoms with Gasteiger partial charge in [0.15, 0.2) is 5.82 Å². The van der Waals surface area contributed by atoms with Crippen LogP contribution in [0.1, 0.15) is 12.0 Å². The summed E-state index contributed by atoms with van der Waals surface area (Å²) in [4.78, 5) is 12.9. The highest BCUT2D eigenvalue weighted by Crippen LogP contribution is 2.29. The second kappa shape index (κ2) is 8.37. The number of ether oxygens (including phenoxy) is 1. The lowest BCUT2D eigenvalue weighted by Crippen LogP contribution is -2.19. The van der Waals surface area contributed by atoms with E-state index in [1.807, 2.05) is 6.07 Å². The number of pyridine rings is 1. The van der Waals surface area contributed by atoms with Gasteiger partial charge in [-0.25, -0.2) is 24.0 Å². The lowest BCUT2D eigenvalue weighted by atomic mass is 10.2. The lowest BCUT2D eigenvalue weighted by Gasteiger charge is -2.12. The van der Waals surface area contributed by atoms with Crippen molar-refractivity contribution < 1.29 is 9.13 Å². The highest BCUT2D eigenvalue weighted by Gasteiger charge is 2.17. The second-order valence-electron chi connectivity index (χ2n) is 7.20. The molecular formula is C21H16ClFN8O. The molecule has 4 heterocycles. The minimum Gasteiger partial charge on any atom is -0.379 e. The first kappa shape index (κ1) is 20.1. The van der Waals surface area contributed by atoms with Gasteiger partial charge in [0.25, 0.3) is 0 Å². The molecule has 0 spiro atoms. The Balaban J connectivity index is 1.46. The van der Waals surface area contributed by atoms with Gasteiger partial charge in [-0.05, 0) is 18.6 Å². The highest BCUT2D eigenvalue weighted by molar-refractivity contribution is 6.32. The summed E-state index contributed by atoms with van der Waals surface area (Å²) < 4.78 is 21.4. The molecule has 1 aromatic carbocycles. The predicted molar refractivity (Wildman–Crippen MR) is 117 cm³/mol. The Labute approximate surface area is 186 Å². The van der Waals surface area contributed by atoms with E-state index in [0.29, 0.717) is 35.0 Å². The Hall–Kier alpha value is -3.81. The Bertz CT molecular complexity index is 1320. The summed E-state index contributed by atoms with van der Waals surface area (Å²) in [5.74, 6) is 1.06. The number of hydrogen-bond acceptors (Lipinski definition) is 8. The third-order valence-electron chi connectivity index (χ3n) is 5.02. The topological polar surface area (TPSA) is 114 Å². The van der Waals surface area contributed by atoms with Crippen LogP contribution in [0.15, 0.2) is 43.0 Å². The van der Waals surface area contributed by atoms with Gasteiger partial charge < -0.3 is 15.4 Å². The number of rotatable bonds is 5. The first-order chi connectivity index (χ1) is 15.6. The van der Waals surface area contributed by atoms with Crippen molar-refractivity contribution in [2.75, 3.05) is 23.8 Å². The Morgan fingerprint density at radius 2 is 1.97 bits per heavy atom. The number of halogens is 2. The number of aromatic nitrogens is 5. The minimum absolute atomic E-state index is 0.0603. The number of benzene rings is 1. The van der Waals surface area contributed by atoms with E-state index in [1.54, 1.807) is 24.5 Å². The molecule has 160 valence electrons. The van der Waals surface area contributed by atoms with Crippen LogP contribution in [-0.4, -0.2) is 44.0 Å². The summed E-state index contributed by atoms with van der Waals surface area (Å²) in [5.41, 5.74) is 0.780. The molecule has 0 bridgehead atoms. The second-order valence-corrected chi connectivity index (χ2v) is 7.61. The fourth-order valence-corrected chi connectivity index (χ4v) is 3.78. The number of anilines is 3. The molecule has 0 amide bonds. The summed E-state index contributed by atoms with van der Waals surface area (Å²) in [6.07, 6.45) is 5.56. The van der Waals surface area contributed by atoms with Gasteiger partial charge in [-0.2, -0.15) is 10.4 Å². The van der Waals surface area contributed by atoms with E-state index in [1.165, 1.54) is 17.1 Å². The van der Waals surface area contributed by atoms with Crippen molar-refractivity contribution in [2.24, 2.45) is 0 Å². The van der Waals surface area contributed by atoms with Gasteiger partial charge in [-0.1, -0.05) is 11.6 Å². The summed E-state index contributed by atoms with van der Waals surface area (Å²) in [7, 11) is 0. The zero-order valence-electron chi connectivity index (χ0n) is 16.6. The van der Waals surface area contributed by atoms with Gasteiger partial charge >= 0.3 is 0 Å². The van der Waals surface area contributed by atoms with Crippen molar-refractivity contribution in [2.45, 2.75) is 12.5 Å². The largest absolute Gasteiger partial charge is 0.379 e. The molecule has 1 aliphatic rings. The number of nitrogens with one attached hydrogen (secondary N) is 2. The molecule has 2 N–H and O–H groups in total. The number of nitriles is 1. The number of nitrogens with zero attached hydrogens (tertiary/aromatic N) is 6. The Morgan fingerprint density at radius 1 is 1.12 bits per heavy atom. The van der Waals surface area contributed by atoms with Gasteiger partial charge in [0.1, 0.15) is 29.5 Å². The Kier molecular flexibility index (Phi) is 5.26. The van der Waals surface area contributed by atoms with Crippen molar-refractivity contribution in [3.8, 4) is 11.8 Å². The van der Waals surface area contributed by atoms with E-state index in [-0.39, 0.29) is 22.3 Å². The molecule has 1 atom stereocenters. The zero-order valence-corrected chi connectivity index (χ0v) is 17.3. The van der Waals surface area contributed by atoms with Crippen molar-refractivity contribution in [1.82, 2.24) is 24.7 Å². The third kappa shape index (κ3) is 3.91. The van der Waals surface area contributed by atoms with E-state index < -0.39 is 5.82 Å². The molecule has 5 rings (SSSR count). The van der Waals surface area contributed by atoms with Gasteiger partial charge in [-0.3, -0.25) is 0 Å². The molecule has 11 heteroatoms. The molecule has 9 nitrogen and oxygen atoms in total. The summed E-state index contributed by atoms with van der Waals surface area (Å²) in [6, 6.07) is 8.12. The molecule has 0 radical (unpaired) electrons. The highest BCUT2D eigenvalue weighted by atomic mass is 35.5. The maximum atomic E-state index is 14.7. The maximum Gasteiger partial charge on any atom is 0.151 e. The smallest absolute Gasteiger partial charge is 0.151 e. The quantitative estimate of drug-likeness (QED) is 0.471. The van der Waals surface area contributed by atoms with Crippen LogP contribution in [-0.2, 0) is 4.74 Å². The average molecular weight is 451 g/mol. The molecule has 0 aliphatic carbocycles. The summed E-state index contributed by atoms with van der Waals surface area (Å²) in [6.45, 7) is 1.37. The van der Waals surface area contributed by atoms with E-state index in [2.05, 4.69) is 30.7 Å². The van der Waals surface area contributed by atoms with Crippen LogP contribution in [0.25, 0.3) is 16.6 Å². The third-order valence-corrected chi connectivity index (χ3v) is 5.30. The van der Waals surface area contributed by atoms with Crippen molar-refractivity contribution in [3.05, 3.63) is 59.4 Å². The standard InChI is InChI=1S/C21H16ClFN8O/c22-15-3-12(7-24)4-16(23)21(15)31-17-5-18(25-8-13(17)9-28-31)30-20-6-19(26-11-27-20)29-14-1-2-32-10-14/h3-6,8-9,11,14H,1-2,10H2,(H2,25,26,27,29,30). The molecule has 3 aromatic heterocycles. The SMILES string of the molecule is N#Cc1cc(F)c(-n2ncc3cnc(Nc4cc(NC5CCOC5)ncn4)cc32)c(Cl)c1. The van der Waals surface area contributed by atoms with Crippen LogP contribution in [0.3, 0.4) is 0 Å². The lowest BCUT2D eigenvalue weighted by molar-refractivity contribution is 0.195. The van der Waals surface area contributed by atoms with Crippen LogP contribution in [0.4, 0.5) is 21.8 Å². The molecule has 1 saturated heterocycles. The minimum atomic E-state index is -0.646. The molecule has 4 aromatic rings. The van der Waals surface area contributed by atoms with E-state index in [4.69, 9.17) is 21.6 Å². The molecule has 0 saturated carbocycles. The Morgan fingerprint density at radius 3 is 2.75 bits per heavy atom. The fraction of sp³-hybridized carbons (Fsp3) is 0.190. The van der Waals surface area contributed by atoms with Crippen LogP contribution in [0.2, 0.25) is 5.02 Å². The summed E-state index contributed by atoms with van der Waals surface area (Å²) >= 11 is 6.25. The monoisotopic (exact) mass is 450 g/mol. The van der Waals surface area contributed by atoms with Crippen LogP contribution < -0.4 is 10.6 Å². The van der Waals surface area contributed by atoms with Crippen LogP contribution in [0, 0.1) is 17.1 Å². The van der Waals surface area contributed by atoms with Gasteiger partial charge in [0, 0.05) is 30.3 Å². The summed E-state index contributed by atoms with van der Waals surface area (Å²) in [5, 5.41) is 20.5. The molecular weight excluding hydrogens is 435 g/mol. The van der Waals surface area contributed by atoms with E-state index in [0.717, 1.165) is 19.1 Å². The van der Waals surface area contributed by atoms with Gasteiger partial charge in [0.2, 0.25) is 0 Å². The van der Waals surface area contributed by atoms with Gasteiger partial charge in [-0.15, -0.1) is 0 Å². The molecule has 1 unspecified atom stereocenters. The van der Waals surface area contributed by atoms with Crippen molar-refractivity contribution >= 4 is 40.0 Å². The van der Waals surface area contributed by atoms with Crippen LogP contribution >= 0.6 is 11.6 Å². The maximum absolute atomic E-state index is 14.7. The van der Waals surface area contributed by atoms with Crippen molar-refractivity contribution in [3.63, 3.8) is 0 Å². The van der Waals surface area contributed by atoms with E-state index in [9.17, 15) is 4.39 Å². The van der Waals surface area contributed by atoms with Crippen LogP contribution in [0.5, 0.6) is 0 Å². The number of fused-ring (bicyclic) bond motifs is 1. The van der Waals surface area contributed by atoms with E-state index >= 15 is 0 Å². The molecule has 32 heavy (non-hydrogen) atoms. The first-order valence-corrected chi connectivity index (χ1v) is 10.1. The first-order valence-electron chi connectivity index (χ1n) is 9.77. The number of hydrogen-bond donors (Lipinski definition) is 2. The average Bonchev–Trinajstić information content (AvgIpc) is 3.44. The molecule has 1 aliphatic heterocycles. The predicted octanol–water partition coefficient (Wildman–Crippen LogP) is 3.82. The fourth-order valence-electron chi connectivity index (χ4n) is 3.49. The van der Waals surface area contributed by atoms with Crippen molar-refractivity contribution in [1.29, 1.82) is 5.26 Å². The molecule has 1 fully saturated rings. The van der Waals surface area contributed by atoms with Gasteiger partial charge in [0.05, 0.1) is 41.0 Å². The normalized spacial score (nSPS) is 15.6.